The molecule has 152 valence electrons. The number of halogens is 3. The van der Waals surface area contributed by atoms with E-state index in [0.717, 1.165) is 12.1 Å². The highest BCUT2D eigenvalue weighted by atomic mass is 19.4. The lowest BCUT2D eigenvalue weighted by Gasteiger charge is -2.26. The summed E-state index contributed by atoms with van der Waals surface area (Å²) < 4.78 is 46.1. The van der Waals surface area contributed by atoms with Crippen molar-refractivity contribution in [3.05, 3.63) is 58.4 Å². The minimum absolute atomic E-state index is 0.0174. The molecular weight excluding hydrogens is 383 g/mol. The Hall–Kier alpha value is -3.05. The molecule has 1 aliphatic heterocycles. The summed E-state index contributed by atoms with van der Waals surface area (Å²) in [7, 11) is 0. The number of hydrogen-bond acceptors (Lipinski definition) is 3. The number of benzene rings is 1. The third-order valence-corrected chi connectivity index (χ3v) is 4.85. The Bertz CT molecular complexity index is 994. The minimum Gasteiger partial charge on any atom is -0.378 e. The molecule has 0 radical (unpaired) electrons. The Balaban J connectivity index is 1.98. The Morgan fingerprint density at radius 1 is 1.21 bits per heavy atom. The van der Waals surface area contributed by atoms with Crippen LogP contribution in [0.5, 0.6) is 0 Å². The van der Waals surface area contributed by atoms with Gasteiger partial charge in [0, 0.05) is 30.2 Å². The van der Waals surface area contributed by atoms with Crippen LogP contribution in [-0.4, -0.2) is 41.7 Å². The number of rotatable bonds is 3. The number of aromatic nitrogens is 1. The molecule has 0 aliphatic carbocycles. The molecule has 0 saturated carbocycles. The van der Waals surface area contributed by atoms with E-state index in [-0.39, 0.29) is 11.5 Å². The molecule has 0 bridgehead atoms. The van der Waals surface area contributed by atoms with Gasteiger partial charge in [-0.2, -0.15) is 18.4 Å². The molecule has 0 spiro atoms. The molecule has 1 fully saturated rings. The lowest BCUT2D eigenvalue weighted by Crippen LogP contribution is -2.41. The predicted octanol–water partition coefficient (Wildman–Crippen LogP) is 3.88. The maximum atomic E-state index is 13.1. The van der Waals surface area contributed by atoms with Gasteiger partial charge in [-0.1, -0.05) is 6.07 Å². The van der Waals surface area contributed by atoms with Gasteiger partial charge in [-0.05, 0) is 49.8 Å². The van der Waals surface area contributed by atoms with E-state index in [1.165, 1.54) is 12.1 Å². The van der Waals surface area contributed by atoms with Crippen molar-refractivity contribution < 1.29 is 22.7 Å². The van der Waals surface area contributed by atoms with E-state index >= 15 is 0 Å². The highest BCUT2D eigenvalue weighted by Gasteiger charge is 2.30. The number of morpholine rings is 1. The summed E-state index contributed by atoms with van der Waals surface area (Å²) in [6.45, 7) is 5.19. The average molecular weight is 403 g/mol. The van der Waals surface area contributed by atoms with E-state index < -0.39 is 11.7 Å². The number of nitrogens with zero attached hydrogens (tertiary/aromatic N) is 3. The summed E-state index contributed by atoms with van der Waals surface area (Å²) in [4.78, 5) is 14.2. The first kappa shape index (κ1) is 20.7. The van der Waals surface area contributed by atoms with Crippen LogP contribution in [0, 0.1) is 25.2 Å². The molecule has 3 rings (SSSR count). The zero-order valence-corrected chi connectivity index (χ0v) is 16.1. The molecule has 1 aliphatic rings. The second kappa shape index (κ2) is 8.13. The molecule has 2 heterocycles. The molecule has 1 aromatic heterocycles. The molecule has 0 N–H and O–H groups in total. The number of carbonyl (C=O) groups excluding carboxylic acids is 1. The SMILES string of the molecule is Cc1cc(/C=C(/C#N)C(=O)N2CCOCC2)c(C)n1-c1cccc(C(F)(F)F)c1. The van der Waals surface area contributed by atoms with Crippen molar-refractivity contribution >= 4 is 12.0 Å². The van der Waals surface area contributed by atoms with Crippen LogP contribution in [0.4, 0.5) is 13.2 Å². The monoisotopic (exact) mass is 403 g/mol. The number of hydrogen-bond donors (Lipinski definition) is 0. The first-order chi connectivity index (χ1) is 13.7. The first-order valence-electron chi connectivity index (χ1n) is 9.07. The number of alkyl halides is 3. The molecule has 29 heavy (non-hydrogen) atoms. The van der Waals surface area contributed by atoms with E-state index in [2.05, 4.69) is 0 Å². The van der Waals surface area contributed by atoms with Crippen LogP contribution < -0.4 is 0 Å². The van der Waals surface area contributed by atoms with Crippen LogP contribution in [-0.2, 0) is 15.7 Å². The van der Waals surface area contributed by atoms with Crippen molar-refractivity contribution in [3.63, 3.8) is 0 Å². The third kappa shape index (κ3) is 4.35. The number of nitriles is 1. The summed E-state index contributed by atoms with van der Waals surface area (Å²) in [5.74, 6) is -0.375. The van der Waals surface area contributed by atoms with E-state index in [1.54, 1.807) is 35.4 Å². The summed E-state index contributed by atoms with van der Waals surface area (Å²) in [6, 6.07) is 8.74. The molecule has 8 heteroatoms. The smallest absolute Gasteiger partial charge is 0.378 e. The van der Waals surface area contributed by atoms with E-state index in [0.29, 0.717) is 48.9 Å². The molecular formula is C21H20F3N3O2. The fourth-order valence-electron chi connectivity index (χ4n) is 3.39. The highest BCUT2D eigenvalue weighted by molar-refractivity contribution is 6.01. The number of amides is 1. The number of aryl methyl sites for hydroxylation is 1. The molecule has 1 aromatic carbocycles. The lowest BCUT2D eigenvalue weighted by atomic mass is 10.1. The molecule has 0 atom stereocenters. The highest BCUT2D eigenvalue weighted by Crippen LogP contribution is 2.31. The predicted molar refractivity (Wildman–Crippen MR) is 101 cm³/mol. The van der Waals surface area contributed by atoms with Crippen molar-refractivity contribution in [2.45, 2.75) is 20.0 Å². The van der Waals surface area contributed by atoms with Crippen LogP contribution in [0.25, 0.3) is 11.8 Å². The molecule has 5 nitrogen and oxygen atoms in total. The zero-order chi connectivity index (χ0) is 21.2. The molecule has 1 amide bonds. The summed E-state index contributed by atoms with van der Waals surface area (Å²) in [5, 5.41) is 9.47. The summed E-state index contributed by atoms with van der Waals surface area (Å²) >= 11 is 0. The van der Waals surface area contributed by atoms with Crippen LogP contribution in [0.15, 0.2) is 35.9 Å². The topological polar surface area (TPSA) is 58.3 Å². The fourth-order valence-corrected chi connectivity index (χ4v) is 3.39. The van der Waals surface area contributed by atoms with Gasteiger partial charge in [0.1, 0.15) is 11.6 Å². The second-order valence-electron chi connectivity index (χ2n) is 6.78. The first-order valence-corrected chi connectivity index (χ1v) is 9.07. The van der Waals surface area contributed by atoms with Gasteiger partial charge in [-0.25, -0.2) is 0 Å². The van der Waals surface area contributed by atoms with Crippen LogP contribution in [0.2, 0.25) is 0 Å². The minimum atomic E-state index is -4.44. The van der Waals surface area contributed by atoms with Gasteiger partial charge in [0.2, 0.25) is 0 Å². The number of ether oxygens (including phenoxy) is 1. The standard InChI is InChI=1S/C21H20F3N3O2/c1-14-10-16(11-17(13-25)20(28)26-6-8-29-9-7-26)15(2)27(14)19-5-3-4-18(12-19)21(22,23)24/h3-5,10-12H,6-9H2,1-2H3/b17-11-. The van der Waals surface area contributed by atoms with E-state index in [9.17, 15) is 23.2 Å². The van der Waals surface area contributed by atoms with Gasteiger partial charge in [0.05, 0.1) is 18.8 Å². The quantitative estimate of drug-likeness (QED) is 0.577. The van der Waals surface area contributed by atoms with E-state index in [1.807, 2.05) is 6.07 Å². The van der Waals surface area contributed by atoms with Gasteiger partial charge in [0.15, 0.2) is 0 Å². The maximum Gasteiger partial charge on any atom is 0.416 e. The van der Waals surface area contributed by atoms with Gasteiger partial charge < -0.3 is 14.2 Å². The Kier molecular flexibility index (Phi) is 5.80. The van der Waals surface area contributed by atoms with Crippen LogP contribution in [0.3, 0.4) is 0 Å². The van der Waals surface area contributed by atoms with Crippen molar-refractivity contribution in [1.29, 1.82) is 5.26 Å². The fraction of sp³-hybridized carbons (Fsp3) is 0.333. The average Bonchev–Trinajstić information content (AvgIpc) is 2.98. The zero-order valence-electron chi connectivity index (χ0n) is 16.1. The number of carbonyl (C=O) groups is 1. The van der Waals surface area contributed by atoms with Gasteiger partial charge in [0.25, 0.3) is 5.91 Å². The van der Waals surface area contributed by atoms with Crippen molar-refractivity contribution in [2.75, 3.05) is 26.3 Å². The maximum absolute atomic E-state index is 13.1. The van der Waals surface area contributed by atoms with Gasteiger partial charge in [-0.15, -0.1) is 0 Å². The Labute approximate surface area is 166 Å². The molecule has 0 unspecified atom stereocenters. The Morgan fingerprint density at radius 3 is 2.52 bits per heavy atom. The molecule has 1 saturated heterocycles. The normalized spacial score (nSPS) is 15.3. The summed E-state index contributed by atoms with van der Waals surface area (Å²) in [5.41, 5.74) is 1.56. The summed E-state index contributed by atoms with van der Waals surface area (Å²) in [6.07, 6.45) is -2.95. The van der Waals surface area contributed by atoms with Crippen molar-refractivity contribution in [2.24, 2.45) is 0 Å². The van der Waals surface area contributed by atoms with Crippen molar-refractivity contribution in [1.82, 2.24) is 9.47 Å². The Morgan fingerprint density at radius 2 is 1.90 bits per heavy atom. The van der Waals surface area contributed by atoms with E-state index in [4.69, 9.17) is 4.74 Å². The van der Waals surface area contributed by atoms with Gasteiger partial charge in [-0.3, -0.25) is 4.79 Å². The van der Waals surface area contributed by atoms with Crippen LogP contribution >= 0.6 is 0 Å². The van der Waals surface area contributed by atoms with Gasteiger partial charge >= 0.3 is 6.18 Å². The largest absolute Gasteiger partial charge is 0.416 e. The van der Waals surface area contributed by atoms with Crippen molar-refractivity contribution in [3.8, 4) is 11.8 Å². The lowest BCUT2D eigenvalue weighted by molar-refractivity contribution is -0.137. The third-order valence-electron chi connectivity index (χ3n) is 4.85. The van der Waals surface area contributed by atoms with Crippen LogP contribution in [0.1, 0.15) is 22.5 Å². The second-order valence-corrected chi connectivity index (χ2v) is 6.78. The molecule has 2 aromatic rings.